The first-order chi connectivity index (χ1) is 8.29. The molecule has 0 aliphatic heterocycles. The fourth-order valence-corrected chi connectivity index (χ4v) is 2.35. The Morgan fingerprint density at radius 1 is 1.35 bits per heavy atom. The maximum Gasteiger partial charge on any atom is 0.195 e. The minimum atomic E-state index is 0.558. The molecule has 17 heavy (non-hydrogen) atoms. The van der Waals surface area contributed by atoms with Gasteiger partial charge in [0.25, 0.3) is 0 Å². The maximum atomic E-state index is 5.28. The van der Waals surface area contributed by atoms with Crippen molar-refractivity contribution in [2.75, 3.05) is 0 Å². The first-order valence-corrected chi connectivity index (χ1v) is 6.46. The third-order valence-corrected chi connectivity index (χ3v) is 3.52. The number of rotatable bonds is 3. The Morgan fingerprint density at radius 3 is 2.65 bits per heavy atom. The van der Waals surface area contributed by atoms with Crippen molar-refractivity contribution >= 4 is 12.2 Å². The lowest BCUT2D eigenvalue weighted by Crippen LogP contribution is -1.97. The number of aryl methyl sites for hydroxylation is 1. The van der Waals surface area contributed by atoms with E-state index >= 15 is 0 Å². The number of aromatic nitrogens is 3. The molecule has 1 fully saturated rings. The number of nitrogens with one attached hydrogen (secondary N) is 1. The van der Waals surface area contributed by atoms with Crippen molar-refractivity contribution < 1.29 is 0 Å². The molecule has 1 aliphatic carbocycles. The molecule has 0 spiro atoms. The van der Waals surface area contributed by atoms with E-state index in [9.17, 15) is 0 Å². The van der Waals surface area contributed by atoms with Crippen LogP contribution >= 0.6 is 12.2 Å². The van der Waals surface area contributed by atoms with Crippen molar-refractivity contribution in [1.29, 1.82) is 0 Å². The summed E-state index contributed by atoms with van der Waals surface area (Å²) in [6.07, 6.45) is 3.50. The van der Waals surface area contributed by atoms with E-state index in [2.05, 4.69) is 46.0 Å². The highest BCUT2D eigenvalue weighted by Crippen LogP contribution is 2.37. The SMILES string of the molecule is CCc1ccc(-c2n[nH]c(=S)n2C2CC2)cc1. The topological polar surface area (TPSA) is 33.6 Å². The summed E-state index contributed by atoms with van der Waals surface area (Å²) in [4.78, 5) is 0. The van der Waals surface area contributed by atoms with Gasteiger partial charge < -0.3 is 0 Å². The van der Waals surface area contributed by atoms with E-state index in [1.165, 1.54) is 18.4 Å². The molecular formula is C13H15N3S. The van der Waals surface area contributed by atoms with Gasteiger partial charge in [0, 0.05) is 11.6 Å². The van der Waals surface area contributed by atoms with Crippen LogP contribution in [0.2, 0.25) is 0 Å². The van der Waals surface area contributed by atoms with E-state index in [1.54, 1.807) is 0 Å². The van der Waals surface area contributed by atoms with Gasteiger partial charge in [-0.05, 0) is 37.0 Å². The third kappa shape index (κ3) is 1.93. The Kier molecular flexibility index (Phi) is 2.59. The molecule has 0 bridgehead atoms. The molecule has 0 amide bonds. The summed E-state index contributed by atoms with van der Waals surface area (Å²) in [5.74, 6) is 0.972. The number of aromatic amines is 1. The highest BCUT2D eigenvalue weighted by molar-refractivity contribution is 7.71. The molecule has 3 nitrogen and oxygen atoms in total. The summed E-state index contributed by atoms with van der Waals surface area (Å²) < 4.78 is 2.89. The second-order valence-corrected chi connectivity index (χ2v) is 4.89. The Labute approximate surface area is 105 Å². The summed E-state index contributed by atoms with van der Waals surface area (Å²) in [6, 6.07) is 9.13. The van der Waals surface area contributed by atoms with E-state index in [1.807, 2.05) is 0 Å². The van der Waals surface area contributed by atoms with Crippen LogP contribution in [0.5, 0.6) is 0 Å². The Balaban J connectivity index is 2.05. The number of H-pyrrole nitrogens is 1. The van der Waals surface area contributed by atoms with Gasteiger partial charge >= 0.3 is 0 Å². The zero-order valence-corrected chi connectivity index (χ0v) is 10.6. The largest absolute Gasteiger partial charge is 0.297 e. The first kappa shape index (κ1) is 10.7. The lowest BCUT2D eigenvalue weighted by molar-refractivity contribution is 0.735. The van der Waals surface area contributed by atoms with Gasteiger partial charge in [0.2, 0.25) is 0 Å². The molecule has 0 saturated heterocycles. The van der Waals surface area contributed by atoms with Crippen LogP contribution in [0.4, 0.5) is 0 Å². The summed E-state index contributed by atoms with van der Waals surface area (Å²) in [5.41, 5.74) is 2.49. The van der Waals surface area contributed by atoms with Gasteiger partial charge in [-0.15, -0.1) is 0 Å². The van der Waals surface area contributed by atoms with Crippen LogP contribution in [0, 0.1) is 4.77 Å². The van der Waals surface area contributed by atoms with Gasteiger partial charge in [-0.2, -0.15) is 5.10 Å². The fourth-order valence-electron chi connectivity index (χ4n) is 2.07. The van der Waals surface area contributed by atoms with Crippen molar-refractivity contribution in [2.24, 2.45) is 0 Å². The van der Waals surface area contributed by atoms with Gasteiger partial charge in [-0.25, -0.2) is 0 Å². The Hall–Kier alpha value is -1.42. The van der Waals surface area contributed by atoms with Gasteiger partial charge in [0.05, 0.1) is 0 Å². The quantitative estimate of drug-likeness (QED) is 0.840. The molecule has 0 radical (unpaired) electrons. The molecule has 4 heteroatoms. The number of nitrogens with zero attached hydrogens (tertiary/aromatic N) is 2. The summed E-state index contributed by atoms with van der Waals surface area (Å²) in [5, 5.41) is 7.25. The second-order valence-electron chi connectivity index (χ2n) is 4.50. The summed E-state index contributed by atoms with van der Waals surface area (Å²) >= 11 is 5.28. The van der Waals surface area contributed by atoms with Crippen LogP contribution in [0.3, 0.4) is 0 Å². The molecule has 88 valence electrons. The van der Waals surface area contributed by atoms with E-state index in [0.717, 1.165) is 22.6 Å². The van der Waals surface area contributed by atoms with Crippen LogP contribution in [0.25, 0.3) is 11.4 Å². The molecule has 3 rings (SSSR count). The van der Waals surface area contributed by atoms with E-state index in [0.29, 0.717) is 6.04 Å². The van der Waals surface area contributed by atoms with Crippen LogP contribution in [0.1, 0.15) is 31.4 Å². The monoisotopic (exact) mass is 245 g/mol. The van der Waals surface area contributed by atoms with E-state index < -0.39 is 0 Å². The lowest BCUT2D eigenvalue weighted by Gasteiger charge is -2.05. The summed E-state index contributed by atoms with van der Waals surface area (Å²) in [6.45, 7) is 2.16. The number of hydrogen-bond acceptors (Lipinski definition) is 2. The molecular weight excluding hydrogens is 230 g/mol. The second kappa shape index (κ2) is 4.11. The standard InChI is InChI=1S/C13H15N3S/c1-2-9-3-5-10(6-4-9)12-14-15-13(17)16(12)11-7-8-11/h3-6,11H,2,7-8H2,1H3,(H,15,17). The normalized spacial score (nSPS) is 15.1. The van der Waals surface area contributed by atoms with Crippen molar-refractivity contribution in [3.63, 3.8) is 0 Å². The number of hydrogen-bond donors (Lipinski definition) is 1. The first-order valence-electron chi connectivity index (χ1n) is 6.06. The average molecular weight is 245 g/mol. The van der Waals surface area contributed by atoms with Gasteiger partial charge in [-0.1, -0.05) is 31.2 Å². The molecule has 1 heterocycles. The van der Waals surface area contributed by atoms with Crippen LogP contribution < -0.4 is 0 Å². The molecule has 0 unspecified atom stereocenters. The highest BCUT2D eigenvalue weighted by Gasteiger charge is 2.27. The summed E-state index contributed by atoms with van der Waals surface area (Å²) in [7, 11) is 0. The predicted octanol–water partition coefficient (Wildman–Crippen LogP) is 3.50. The minimum Gasteiger partial charge on any atom is -0.297 e. The molecule has 0 atom stereocenters. The molecule has 1 saturated carbocycles. The molecule has 2 aromatic rings. The van der Waals surface area contributed by atoms with Crippen molar-refractivity contribution in [3.8, 4) is 11.4 Å². The minimum absolute atomic E-state index is 0.558. The maximum absolute atomic E-state index is 5.28. The lowest BCUT2D eigenvalue weighted by atomic mass is 10.1. The third-order valence-electron chi connectivity index (χ3n) is 3.24. The van der Waals surface area contributed by atoms with Gasteiger partial charge in [0.15, 0.2) is 10.6 Å². The smallest absolute Gasteiger partial charge is 0.195 e. The van der Waals surface area contributed by atoms with Crippen LogP contribution in [0.15, 0.2) is 24.3 Å². The molecule has 1 aliphatic rings. The van der Waals surface area contributed by atoms with Crippen LogP contribution in [-0.2, 0) is 6.42 Å². The zero-order valence-electron chi connectivity index (χ0n) is 9.81. The van der Waals surface area contributed by atoms with Crippen molar-refractivity contribution in [3.05, 3.63) is 34.6 Å². The predicted molar refractivity (Wildman–Crippen MR) is 70.5 cm³/mol. The fraction of sp³-hybridized carbons (Fsp3) is 0.385. The number of benzene rings is 1. The highest BCUT2D eigenvalue weighted by atomic mass is 32.1. The molecule has 1 aromatic carbocycles. The zero-order chi connectivity index (χ0) is 11.8. The average Bonchev–Trinajstić information content (AvgIpc) is 3.13. The van der Waals surface area contributed by atoms with E-state index in [-0.39, 0.29) is 0 Å². The van der Waals surface area contributed by atoms with Gasteiger partial charge in [-0.3, -0.25) is 9.67 Å². The molecule has 1 N–H and O–H groups in total. The Morgan fingerprint density at radius 2 is 2.06 bits per heavy atom. The van der Waals surface area contributed by atoms with Crippen molar-refractivity contribution in [2.45, 2.75) is 32.2 Å². The van der Waals surface area contributed by atoms with E-state index in [4.69, 9.17) is 12.2 Å². The van der Waals surface area contributed by atoms with Crippen molar-refractivity contribution in [1.82, 2.24) is 14.8 Å². The molecule has 1 aromatic heterocycles. The Bertz CT molecular complexity index is 575. The van der Waals surface area contributed by atoms with Gasteiger partial charge in [0.1, 0.15) is 0 Å². The van der Waals surface area contributed by atoms with Crippen LogP contribution in [-0.4, -0.2) is 14.8 Å².